The molecule has 0 fully saturated rings. The van der Waals surface area contributed by atoms with E-state index in [0.29, 0.717) is 0 Å². The van der Waals surface area contributed by atoms with Crippen molar-refractivity contribution >= 4 is 43.5 Å². The Morgan fingerprint density at radius 2 is 1.04 bits per heavy atom. The molecule has 142 valence electrons. The molecule has 28 heavy (non-hydrogen) atoms. The van der Waals surface area contributed by atoms with E-state index in [1.165, 1.54) is 0 Å². The van der Waals surface area contributed by atoms with E-state index in [1.54, 1.807) is 0 Å². The maximum atomic E-state index is 4.31. The van der Waals surface area contributed by atoms with Crippen molar-refractivity contribution < 1.29 is 0 Å². The Morgan fingerprint density at radius 3 is 1.43 bits per heavy atom. The van der Waals surface area contributed by atoms with Crippen molar-refractivity contribution in [1.29, 1.82) is 0 Å². The van der Waals surface area contributed by atoms with Gasteiger partial charge >= 0.3 is 0 Å². The number of hydrogen-bond acceptors (Lipinski definition) is 4. The summed E-state index contributed by atoms with van der Waals surface area (Å²) < 4.78 is 2.11. The van der Waals surface area contributed by atoms with Crippen molar-refractivity contribution in [1.82, 2.24) is 20.4 Å². The summed E-state index contributed by atoms with van der Waals surface area (Å²) in [6.07, 6.45) is 0. The molecule has 4 rings (SSSR count). The van der Waals surface area contributed by atoms with Crippen LogP contribution in [-0.4, -0.2) is 33.5 Å². The Hall–Kier alpha value is -2.58. The van der Waals surface area contributed by atoms with E-state index in [9.17, 15) is 0 Å². The van der Waals surface area contributed by atoms with E-state index in [0.717, 1.165) is 56.2 Å². The fourth-order valence-corrected chi connectivity index (χ4v) is 3.29. The molecular weight excluding hydrogens is 484 g/mol. The molecule has 0 amide bonds. The van der Waals surface area contributed by atoms with Crippen LogP contribution in [-0.2, 0) is 0 Å². The van der Waals surface area contributed by atoms with Crippen molar-refractivity contribution in [2.24, 2.45) is 0 Å². The molecule has 2 heterocycles. The first-order chi connectivity index (χ1) is 13.7. The molecule has 4 aromatic rings. The zero-order chi connectivity index (χ0) is 19.3. The Morgan fingerprint density at radius 1 is 0.643 bits per heavy atom. The van der Waals surface area contributed by atoms with E-state index in [1.807, 2.05) is 60.7 Å². The van der Waals surface area contributed by atoms with E-state index in [4.69, 9.17) is 0 Å². The minimum atomic E-state index is 0.727. The fraction of sp³-hybridized carbons (Fsp3) is 0.100. The molecule has 0 bridgehead atoms. The summed E-state index contributed by atoms with van der Waals surface area (Å²) in [6.45, 7) is 1.45. The third-order valence-corrected chi connectivity index (χ3v) is 5.26. The van der Waals surface area contributed by atoms with Gasteiger partial charge in [-0.3, -0.25) is 10.2 Å². The molecule has 0 atom stereocenters. The quantitative estimate of drug-likeness (QED) is 0.251. The molecule has 0 radical (unpaired) electrons. The molecule has 0 unspecified atom stereocenters. The van der Waals surface area contributed by atoms with Crippen molar-refractivity contribution in [3.8, 4) is 22.5 Å². The average molecular weight is 502 g/mol. The van der Waals surface area contributed by atoms with Crippen LogP contribution in [0.25, 0.3) is 22.5 Å². The fourth-order valence-electron chi connectivity index (χ4n) is 2.76. The number of rotatable bonds is 7. The van der Waals surface area contributed by atoms with Crippen LogP contribution in [0.4, 0.5) is 11.6 Å². The normalized spacial score (nSPS) is 10.8. The third kappa shape index (κ3) is 4.63. The molecule has 0 saturated heterocycles. The number of aromatic nitrogens is 4. The van der Waals surface area contributed by atoms with E-state index < -0.39 is 0 Å². The lowest BCUT2D eigenvalue weighted by Gasteiger charge is -2.03. The molecule has 2 aromatic heterocycles. The number of H-pyrrole nitrogens is 2. The lowest BCUT2D eigenvalue weighted by atomic mass is 10.1. The highest BCUT2D eigenvalue weighted by Crippen LogP contribution is 2.23. The topological polar surface area (TPSA) is 81.4 Å². The maximum Gasteiger partial charge on any atom is 0.148 e. The molecular formula is C20H18Br2N6. The molecule has 8 heteroatoms. The smallest absolute Gasteiger partial charge is 0.148 e. The second-order valence-corrected chi connectivity index (χ2v) is 8.03. The number of benzene rings is 2. The third-order valence-electron chi connectivity index (χ3n) is 4.20. The van der Waals surface area contributed by atoms with Crippen molar-refractivity contribution in [2.75, 3.05) is 23.7 Å². The van der Waals surface area contributed by atoms with E-state index >= 15 is 0 Å². The molecule has 4 N–H and O–H groups in total. The summed E-state index contributed by atoms with van der Waals surface area (Å²) in [6, 6.07) is 20.2. The number of nitrogens with one attached hydrogen (secondary N) is 4. The van der Waals surface area contributed by atoms with Gasteiger partial charge in [-0.05, 0) is 35.4 Å². The summed E-state index contributed by atoms with van der Waals surface area (Å²) >= 11 is 6.90. The lowest BCUT2D eigenvalue weighted by molar-refractivity contribution is 1.01. The van der Waals surface area contributed by atoms with Crippen LogP contribution in [0.2, 0.25) is 0 Å². The van der Waals surface area contributed by atoms with Gasteiger partial charge in [-0.1, -0.05) is 56.1 Å². The van der Waals surface area contributed by atoms with E-state index in [2.05, 4.69) is 62.9 Å². The van der Waals surface area contributed by atoms with Crippen LogP contribution in [0.15, 0.2) is 69.6 Å². The first-order valence-electron chi connectivity index (χ1n) is 8.78. The van der Waals surface area contributed by atoms with Gasteiger partial charge in [0.05, 0.1) is 11.4 Å². The Kier molecular flexibility index (Phi) is 5.78. The molecule has 0 aliphatic carbocycles. The second-order valence-electron chi connectivity index (χ2n) is 6.20. The van der Waals surface area contributed by atoms with Crippen LogP contribution in [0.1, 0.15) is 0 Å². The highest BCUT2D eigenvalue weighted by atomic mass is 79.9. The SMILES string of the molecule is Brc1ccc(-c2cc(NCCNc3cc(-c4ccc(Br)cc4)[nH]n3)n[nH]2)cc1. The first-order valence-corrected chi connectivity index (χ1v) is 10.4. The van der Waals surface area contributed by atoms with Crippen molar-refractivity contribution in [3.63, 3.8) is 0 Å². The zero-order valence-corrected chi connectivity index (χ0v) is 18.0. The van der Waals surface area contributed by atoms with Crippen LogP contribution >= 0.6 is 31.9 Å². The minimum absolute atomic E-state index is 0.727. The first kappa shape index (κ1) is 18.8. The zero-order valence-electron chi connectivity index (χ0n) is 14.8. The van der Waals surface area contributed by atoms with Gasteiger partial charge in [0.15, 0.2) is 0 Å². The Labute approximate surface area is 179 Å². The Bertz CT molecular complexity index is 952. The number of halogens is 2. The standard InChI is InChI=1S/C20H18Br2N6/c21-15-5-1-13(2-6-15)17-11-19(27-25-17)23-9-10-24-20-12-18(26-28-20)14-3-7-16(22)8-4-14/h1-8,11-12H,9-10H2,(H2,23,25,27)(H2,24,26,28). The minimum Gasteiger partial charge on any atom is -0.367 e. The van der Waals surface area contributed by atoms with Gasteiger partial charge in [0.2, 0.25) is 0 Å². The van der Waals surface area contributed by atoms with Gasteiger partial charge in [0.25, 0.3) is 0 Å². The van der Waals surface area contributed by atoms with Crippen LogP contribution in [0, 0.1) is 0 Å². The van der Waals surface area contributed by atoms with Gasteiger partial charge in [0, 0.05) is 34.2 Å². The number of anilines is 2. The molecule has 0 saturated carbocycles. The highest BCUT2D eigenvalue weighted by molar-refractivity contribution is 9.10. The summed E-state index contributed by atoms with van der Waals surface area (Å²) in [5, 5.41) is 21.3. The summed E-state index contributed by atoms with van der Waals surface area (Å²) in [5.74, 6) is 1.63. The van der Waals surface area contributed by atoms with Gasteiger partial charge in [-0.2, -0.15) is 10.2 Å². The average Bonchev–Trinajstić information content (AvgIpc) is 3.36. The number of nitrogens with zero attached hydrogens (tertiary/aromatic N) is 2. The Balaban J connectivity index is 1.27. The van der Waals surface area contributed by atoms with Crippen LogP contribution < -0.4 is 10.6 Å². The highest BCUT2D eigenvalue weighted by Gasteiger charge is 2.05. The number of hydrogen-bond donors (Lipinski definition) is 4. The largest absolute Gasteiger partial charge is 0.367 e. The van der Waals surface area contributed by atoms with E-state index in [-0.39, 0.29) is 0 Å². The van der Waals surface area contributed by atoms with Gasteiger partial charge in [-0.25, -0.2) is 0 Å². The lowest BCUT2D eigenvalue weighted by Crippen LogP contribution is -2.13. The van der Waals surface area contributed by atoms with Crippen molar-refractivity contribution in [3.05, 3.63) is 69.6 Å². The predicted molar refractivity (Wildman–Crippen MR) is 120 cm³/mol. The van der Waals surface area contributed by atoms with Crippen LogP contribution in [0.3, 0.4) is 0 Å². The molecule has 0 aliphatic rings. The van der Waals surface area contributed by atoms with Crippen LogP contribution in [0.5, 0.6) is 0 Å². The summed E-state index contributed by atoms with van der Waals surface area (Å²) in [4.78, 5) is 0. The second kappa shape index (κ2) is 8.62. The van der Waals surface area contributed by atoms with Crippen molar-refractivity contribution in [2.45, 2.75) is 0 Å². The summed E-state index contributed by atoms with van der Waals surface area (Å²) in [7, 11) is 0. The molecule has 0 spiro atoms. The summed E-state index contributed by atoms with van der Waals surface area (Å²) in [5.41, 5.74) is 4.15. The maximum absolute atomic E-state index is 4.31. The van der Waals surface area contributed by atoms with Gasteiger partial charge < -0.3 is 10.6 Å². The molecule has 0 aliphatic heterocycles. The van der Waals surface area contributed by atoms with Gasteiger partial charge in [0.1, 0.15) is 11.6 Å². The monoisotopic (exact) mass is 500 g/mol. The predicted octanol–water partition coefficient (Wildman–Crippen LogP) is 5.52. The number of aromatic amines is 2. The van der Waals surface area contributed by atoms with Gasteiger partial charge in [-0.15, -0.1) is 0 Å². The molecule has 2 aromatic carbocycles. The molecule has 6 nitrogen and oxygen atoms in total.